The molecule has 2 heterocycles. The summed E-state index contributed by atoms with van der Waals surface area (Å²) in [5.74, 6) is -0.298. The summed E-state index contributed by atoms with van der Waals surface area (Å²) < 4.78 is 1.85. The molecule has 3 aromatic rings. The van der Waals surface area contributed by atoms with Crippen molar-refractivity contribution >= 4 is 39.1 Å². The van der Waals surface area contributed by atoms with Crippen LogP contribution in [-0.4, -0.2) is 27.7 Å². The van der Waals surface area contributed by atoms with Gasteiger partial charge in [-0.1, -0.05) is 23.7 Å². The third-order valence-corrected chi connectivity index (χ3v) is 4.53. The largest absolute Gasteiger partial charge is 0.358 e. The van der Waals surface area contributed by atoms with Crippen LogP contribution in [0.3, 0.4) is 0 Å². The van der Waals surface area contributed by atoms with E-state index in [1.54, 1.807) is 12.1 Å². The molecule has 1 N–H and O–H groups in total. The lowest BCUT2D eigenvalue weighted by Crippen LogP contribution is -2.32. The molecule has 0 fully saturated rings. The zero-order valence-electron chi connectivity index (χ0n) is 12.5. The number of aromatic nitrogens is 3. The molecule has 0 spiro atoms. The van der Waals surface area contributed by atoms with Gasteiger partial charge in [0.05, 0.1) is 9.71 Å². The molecule has 0 saturated carbocycles. The summed E-state index contributed by atoms with van der Waals surface area (Å²) in [7, 11) is 1.51. The molecule has 0 saturated heterocycles. The molecular weight excluding hydrogens is 336 g/mol. The number of hydrogen-bond donors (Lipinski definition) is 1. The first-order valence-corrected chi connectivity index (χ1v) is 8.04. The molecule has 1 aromatic carbocycles. The molecule has 23 heavy (non-hydrogen) atoms. The number of carbonyl (C=O) groups excluding carboxylic acids is 1. The number of rotatable bonds is 3. The minimum Gasteiger partial charge on any atom is -0.358 e. The van der Waals surface area contributed by atoms with E-state index in [-0.39, 0.29) is 18.0 Å². The Morgan fingerprint density at radius 2 is 2.04 bits per heavy atom. The van der Waals surface area contributed by atoms with Crippen LogP contribution >= 0.6 is 22.9 Å². The molecule has 2 aromatic heterocycles. The molecule has 1 amide bonds. The maximum absolute atomic E-state index is 12.5. The summed E-state index contributed by atoms with van der Waals surface area (Å²) in [6, 6.07) is 7.17. The normalized spacial score (nSPS) is 10.9. The number of carbonyl (C=O) groups is 1. The van der Waals surface area contributed by atoms with Crippen LogP contribution in [0.15, 0.2) is 29.1 Å². The summed E-state index contributed by atoms with van der Waals surface area (Å²) >= 11 is 7.33. The Balaban J connectivity index is 2.27. The number of fused-ring (bicyclic) bond motifs is 1. The van der Waals surface area contributed by atoms with Crippen LogP contribution in [0.5, 0.6) is 0 Å². The second-order valence-corrected chi connectivity index (χ2v) is 6.54. The molecule has 8 heteroatoms. The predicted molar refractivity (Wildman–Crippen MR) is 90.9 cm³/mol. The van der Waals surface area contributed by atoms with Crippen molar-refractivity contribution in [2.45, 2.75) is 13.5 Å². The minimum absolute atomic E-state index is 0.150. The number of nitrogens with zero attached hydrogens (tertiary/aromatic N) is 3. The fourth-order valence-corrected chi connectivity index (χ4v) is 3.23. The SMILES string of the molecule is CNC(=O)Cn1nc(-c2ccc(Cl)cc2)c2sc(C)nc2c1=O. The average Bonchev–Trinajstić information content (AvgIpc) is 2.93. The van der Waals surface area contributed by atoms with E-state index in [0.29, 0.717) is 20.9 Å². The van der Waals surface area contributed by atoms with E-state index in [0.717, 1.165) is 15.3 Å². The summed E-state index contributed by atoms with van der Waals surface area (Å²) in [4.78, 5) is 28.4. The van der Waals surface area contributed by atoms with Crippen LogP contribution in [0.1, 0.15) is 5.01 Å². The molecule has 0 aliphatic heterocycles. The molecule has 0 aliphatic rings. The highest BCUT2D eigenvalue weighted by atomic mass is 35.5. The van der Waals surface area contributed by atoms with Gasteiger partial charge in [-0.15, -0.1) is 11.3 Å². The van der Waals surface area contributed by atoms with Crippen LogP contribution < -0.4 is 10.9 Å². The van der Waals surface area contributed by atoms with Gasteiger partial charge in [0.15, 0.2) is 5.52 Å². The Morgan fingerprint density at radius 3 is 2.70 bits per heavy atom. The van der Waals surface area contributed by atoms with Gasteiger partial charge < -0.3 is 5.32 Å². The van der Waals surface area contributed by atoms with Crippen LogP contribution in [0, 0.1) is 6.92 Å². The highest BCUT2D eigenvalue weighted by Crippen LogP contribution is 2.29. The van der Waals surface area contributed by atoms with Gasteiger partial charge in [-0.3, -0.25) is 9.59 Å². The van der Waals surface area contributed by atoms with Gasteiger partial charge in [0.1, 0.15) is 12.2 Å². The van der Waals surface area contributed by atoms with Gasteiger partial charge >= 0.3 is 0 Å². The quantitative estimate of drug-likeness (QED) is 0.787. The van der Waals surface area contributed by atoms with Crippen LogP contribution in [-0.2, 0) is 11.3 Å². The standard InChI is InChI=1S/C15H13ClN4O2S/c1-8-18-13-14(23-8)12(9-3-5-10(16)6-4-9)19-20(15(13)22)7-11(21)17-2/h3-6H,7H2,1-2H3,(H,17,21). The van der Waals surface area contributed by atoms with Gasteiger partial charge in [-0.05, 0) is 19.1 Å². The number of benzene rings is 1. The number of nitrogens with one attached hydrogen (secondary N) is 1. The fraction of sp³-hybridized carbons (Fsp3) is 0.200. The van der Waals surface area contributed by atoms with E-state index < -0.39 is 0 Å². The third kappa shape index (κ3) is 2.97. The van der Waals surface area contributed by atoms with Crippen molar-refractivity contribution in [3.63, 3.8) is 0 Å². The maximum atomic E-state index is 12.5. The van der Waals surface area contributed by atoms with Crippen LogP contribution in [0.2, 0.25) is 5.02 Å². The number of halogens is 1. The van der Waals surface area contributed by atoms with Crippen molar-refractivity contribution < 1.29 is 4.79 Å². The molecule has 0 unspecified atom stereocenters. The van der Waals surface area contributed by atoms with E-state index in [2.05, 4.69) is 15.4 Å². The van der Waals surface area contributed by atoms with E-state index in [1.165, 1.54) is 18.4 Å². The van der Waals surface area contributed by atoms with Crippen molar-refractivity contribution in [1.29, 1.82) is 0 Å². The number of thiazole rings is 1. The van der Waals surface area contributed by atoms with Crippen molar-refractivity contribution in [2.24, 2.45) is 0 Å². The van der Waals surface area contributed by atoms with Gasteiger partial charge in [0, 0.05) is 17.6 Å². The maximum Gasteiger partial charge on any atom is 0.294 e. The summed E-state index contributed by atoms with van der Waals surface area (Å²) in [6.45, 7) is 1.68. The van der Waals surface area contributed by atoms with Crippen LogP contribution in [0.4, 0.5) is 0 Å². The lowest BCUT2D eigenvalue weighted by molar-refractivity contribution is -0.121. The van der Waals surface area contributed by atoms with E-state index >= 15 is 0 Å². The monoisotopic (exact) mass is 348 g/mol. The van der Waals surface area contributed by atoms with Gasteiger partial charge in [-0.25, -0.2) is 9.67 Å². The second-order valence-electron chi connectivity index (χ2n) is 4.90. The molecule has 0 radical (unpaired) electrons. The zero-order valence-corrected chi connectivity index (χ0v) is 14.0. The summed E-state index contributed by atoms with van der Waals surface area (Å²) in [5.41, 5.74) is 1.39. The Morgan fingerprint density at radius 1 is 1.35 bits per heavy atom. The molecular formula is C15H13ClN4O2S. The first-order valence-electron chi connectivity index (χ1n) is 6.84. The first kappa shape index (κ1) is 15.6. The Labute approximate surface area is 140 Å². The number of hydrogen-bond acceptors (Lipinski definition) is 5. The molecule has 6 nitrogen and oxygen atoms in total. The summed E-state index contributed by atoms with van der Waals surface area (Å²) in [5, 5.41) is 8.24. The lowest BCUT2D eigenvalue weighted by atomic mass is 10.1. The molecule has 0 atom stereocenters. The molecule has 3 rings (SSSR count). The Hall–Kier alpha value is -2.25. The van der Waals surface area contributed by atoms with Gasteiger partial charge in [-0.2, -0.15) is 5.10 Å². The molecule has 0 bridgehead atoms. The van der Waals surface area contributed by atoms with E-state index in [1.807, 2.05) is 19.1 Å². The highest BCUT2D eigenvalue weighted by molar-refractivity contribution is 7.19. The van der Waals surface area contributed by atoms with E-state index in [9.17, 15) is 9.59 Å². The zero-order chi connectivity index (χ0) is 16.6. The molecule has 118 valence electrons. The topological polar surface area (TPSA) is 76.9 Å². The van der Waals surface area contributed by atoms with E-state index in [4.69, 9.17) is 11.6 Å². The Bertz CT molecular complexity index is 947. The lowest BCUT2D eigenvalue weighted by Gasteiger charge is -2.08. The molecule has 0 aliphatic carbocycles. The average molecular weight is 349 g/mol. The van der Waals surface area contributed by atoms with Crippen molar-refractivity contribution in [3.05, 3.63) is 44.6 Å². The minimum atomic E-state index is -0.370. The van der Waals surface area contributed by atoms with Crippen molar-refractivity contribution in [1.82, 2.24) is 20.1 Å². The fourth-order valence-electron chi connectivity index (χ4n) is 2.19. The first-order chi connectivity index (χ1) is 11.0. The Kier molecular flexibility index (Phi) is 4.14. The van der Waals surface area contributed by atoms with Gasteiger partial charge in [0.25, 0.3) is 5.56 Å². The van der Waals surface area contributed by atoms with Crippen molar-refractivity contribution in [3.8, 4) is 11.3 Å². The highest BCUT2D eigenvalue weighted by Gasteiger charge is 2.17. The predicted octanol–water partition coefficient (Wildman–Crippen LogP) is 2.23. The smallest absolute Gasteiger partial charge is 0.294 e. The number of likely N-dealkylation sites (N-methyl/N-ethyl adjacent to an activating group) is 1. The third-order valence-electron chi connectivity index (χ3n) is 3.30. The number of aryl methyl sites for hydroxylation is 1. The second kappa shape index (κ2) is 6.10. The van der Waals surface area contributed by atoms with Crippen LogP contribution in [0.25, 0.3) is 21.5 Å². The summed E-state index contributed by atoms with van der Waals surface area (Å²) in [6.07, 6.45) is 0. The number of amides is 1. The van der Waals surface area contributed by atoms with Crippen molar-refractivity contribution in [2.75, 3.05) is 7.05 Å². The van der Waals surface area contributed by atoms with Gasteiger partial charge in [0.2, 0.25) is 5.91 Å².